The molecule has 0 unspecified atom stereocenters. The lowest BCUT2D eigenvalue weighted by Crippen LogP contribution is -2.58. The number of nitrogens with one attached hydrogen (secondary N) is 1. The molecule has 1 aliphatic carbocycles. The first kappa shape index (κ1) is 11.2. The largest absolute Gasteiger partial charge is 0.363 e. The minimum atomic E-state index is -0.0536. The van der Waals surface area contributed by atoms with E-state index in [9.17, 15) is 0 Å². The Bertz CT molecular complexity index is 381. The van der Waals surface area contributed by atoms with Gasteiger partial charge in [0.2, 0.25) is 0 Å². The van der Waals surface area contributed by atoms with Crippen molar-refractivity contribution in [2.75, 3.05) is 13.1 Å². The molecule has 1 aromatic heterocycles. The maximum atomic E-state index is 5.77. The van der Waals surface area contributed by atoms with E-state index in [-0.39, 0.29) is 5.60 Å². The van der Waals surface area contributed by atoms with Crippen LogP contribution in [0.15, 0.2) is 4.52 Å². The van der Waals surface area contributed by atoms with Crippen molar-refractivity contribution in [1.82, 2.24) is 15.5 Å². The second kappa shape index (κ2) is 4.38. The predicted octanol–water partition coefficient (Wildman–Crippen LogP) is 1.61. The van der Waals surface area contributed by atoms with Crippen LogP contribution in [0, 0.1) is 0 Å². The Morgan fingerprint density at radius 1 is 1.41 bits per heavy atom. The number of ether oxygens (including phenoxy) is 1. The van der Waals surface area contributed by atoms with Crippen molar-refractivity contribution in [3.05, 3.63) is 11.7 Å². The van der Waals surface area contributed by atoms with Crippen molar-refractivity contribution >= 4 is 0 Å². The van der Waals surface area contributed by atoms with Gasteiger partial charge in [0.05, 0.1) is 5.60 Å². The van der Waals surface area contributed by atoms with Gasteiger partial charge in [0.15, 0.2) is 5.82 Å². The van der Waals surface area contributed by atoms with Gasteiger partial charge >= 0.3 is 0 Å². The van der Waals surface area contributed by atoms with Gasteiger partial charge in [0.1, 0.15) is 6.61 Å². The van der Waals surface area contributed by atoms with Crippen LogP contribution in [0.4, 0.5) is 0 Å². The van der Waals surface area contributed by atoms with Crippen LogP contribution >= 0.6 is 0 Å². The zero-order valence-electron chi connectivity index (χ0n) is 10.2. The summed E-state index contributed by atoms with van der Waals surface area (Å²) in [6.07, 6.45) is 4.96. The van der Waals surface area contributed by atoms with E-state index in [1.807, 2.05) is 0 Å². The van der Waals surface area contributed by atoms with Gasteiger partial charge in [-0.15, -0.1) is 0 Å². The highest BCUT2D eigenvalue weighted by Crippen LogP contribution is 2.32. The Kier molecular flexibility index (Phi) is 2.88. The molecule has 1 saturated heterocycles. The van der Waals surface area contributed by atoms with Crippen molar-refractivity contribution < 1.29 is 9.26 Å². The summed E-state index contributed by atoms with van der Waals surface area (Å²) in [5.41, 5.74) is -0.0536. The van der Waals surface area contributed by atoms with E-state index in [1.165, 1.54) is 25.7 Å². The highest BCUT2D eigenvalue weighted by atomic mass is 16.5. The molecule has 0 radical (unpaired) electrons. The lowest BCUT2D eigenvalue weighted by molar-refractivity contribution is -0.0841. The van der Waals surface area contributed by atoms with Crippen molar-refractivity contribution in [2.45, 2.75) is 50.7 Å². The summed E-state index contributed by atoms with van der Waals surface area (Å²) in [6, 6.07) is 0. The van der Waals surface area contributed by atoms with Crippen LogP contribution in [0.5, 0.6) is 0 Å². The molecule has 17 heavy (non-hydrogen) atoms. The molecule has 5 heteroatoms. The maximum Gasteiger partial charge on any atom is 0.252 e. The number of nitrogens with zero attached hydrogens (tertiary/aromatic N) is 2. The summed E-state index contributed by atoms with van der Waals surface area (Å²) in [4.78, 5) is 4.43. The topological polar surface area (TPSA) is 60.2 Å². The summed E-state index contributed by atoms with van der Waals surface area (Å²) < 4.78 is 11.0. The molecule has 1 saturated carbocycles. The Morgan fingerprint density at radius 3 is 2.82 bits per heavy atom. The van der Waals surface area contributed by atoms with Crippen molar-refractivity contribution in [2.24, 2.45) is 0 Å². The Morgan fingerprint density at radius 2 is 2.18 bits per heavy atom. The van der Waals surface area contributed by atoms with E-state index in [2.05, 4.69) is 22.4 Å². The molecule has 2 fully saturated rings. The average Bonchev–Trinajstić information content (AvgIpc) is 2.93. The lowest BCUT2D eigenvalue weighted by atomic mass is 10.0. The molecule has 1 aromatic rings. The van der Waals surface area contributed by atoms with Crippen LogP contribution in [0.3, 0.4) is 0 Å². The van der Waals surface area contributed by atoms with E-state index in [4.69, 9.17) is 9.26 Å². The van der Waals surface area contributed by atoms with Crippen LogP contribution in [0.2, 0.25) is 0 Å². The van der Waals surface area contributed by atoms with Gasteiger partial charge in [-0.2, -0.15) is 4.98 Å². The molecule has 5 nitrogen and oxygen atoms in total. The molecule has 1 N–H and O–H groups in total. The van der Waals surface area contributed by atoms with Gasteiger partial charge in [-0.05, 0) is 19.8 Å². The first-order valence-corrected chi connectivity index (χ1v) is 6.42. The Labute approximate surface area is 101 Å². The Hall–Kier alpha value is -0.940. The van der Waals surface area contributed by atoms with Gasteiger partial charge in [-0.25, -0.2) is 0 Å². The summed E-state index contributed by atoms with van der Waals surface area (Å²) in [6.45, 7) is 4.32. The highest BCUT2D eigenvalue weighted by Gasteiger charge is 2.33. The zero-order chi connectivity index (χ0) is 11.7. The fourth-order valence-corrected chi connectivity index (χ4v) is 2.49. The fourth-order valence-electron chi connectivity index (χ4n) is 2.49. The van der Waals surface area contributed by atoms with E-state index in [1.54, 1.807) is 0 Å². The summed E-state index contributed by atoms with van der Waals surface area (Å²) in [5.74, 6) is 1.99. The highest BCUT2D eigenvalue weighted by molar-refractivity contribution is 4.98. The monoisotopic (exact) mass is 237 g/mol. The molecule has 0 spiro atoms. The maximum absolute atomic E-state index is 5.77. The number of hydrogen-bond donors (Lipinski definition) is 1. The molecular formula is C12H19N3O2. The van der Waals surface area contributed by atoms with E-state index >= 15 is 0 Å². The van der Waals surface area contributed by atoms with E-state index in [0.717, 1.165) is 18.9 Å². The Balaban J connectivity index is 1.56. The second-order valence-electron chi connectivity index (χ2n) is 5.37. The third-order valence-corrected chi connectivity index (χ3v) is 3.75. The molecule has 3 rings (SSSR count). The first-order valence-electron chi connectivity index (χ1n) is 6.42. The van der Waals surface area contributed by atoms with Gasteiger partial charge in [-0.3, -0.25) is 0 Å². The van der Waals surface area contributed by atoms with Crippen molar-refractivity contribution in [1.29, 1.82) is 0 Å². The average molecular weight is 237 g/mol. The molecule has 0 aromatic carbocycles. The van der Waals surface area contributed by atoms with Gasteiger partial charge < -0.3 is 14.6 Å². The smallest absolute Gasteiger partial charge is 0.252 e. The minimum Gasteiger partial charge on any atom is -0.363 e. The van der Waals surface area contributed by atoms with Gasteiger partial charge in [0, 0.05) is 19.0 Å². The van der Waals surface area contributed by atoms with Crippen LogP contribution in [-0.4, -0.2) is 28.8 Å². The summed E-state index contributed by atoms with van der Waals surface area (Å²) in [7, 11) is 0. The van der Waals surface area contributed by atoms with Gasteiger partial charge in [0.25, 0.3) is 5.89 Å². The second-order valence-corrected chi connectivity index (χ2v) is 5.37. The van der Waals surface area contributed by atoms with Crippen LogP contribution in [0.1, 0.15) is 50.2 Å². The molecule has 0 amide bonds. The van der Waals surface area contributed by atoms with Crippen LogP contribution in [0.25, 0.3) is 0 Å². The normalized spacial score (nSPS) is 23.8. The molecule has 2 aliphatic rings. The SMILES string of the molecule is CC1(OCc2nc(C3CCCC3)no2)CNC1. The minimum absolute atomic E-state index is 0.0536. The van der Waals surface area contributed by atoms with Crippen LogP contribution in [-0.2, 0) is 11.3 Å². The van der Waals surface area contributed by atoms with E-state index < -0.39 is 0 Å². The number of rotatable bonds is 4. The molecule has 0 atom stereocenters. The predicted molar refractivity (Wildman–Crippen MR) is 61.6 cm³/mol. The third-order valence-electron chi connectivity index (χ3n) is 3.75. The van der Waals surface area contributed by atoms with Crippen molar-refractivity contribution in [3.8, 4) is 0 Å². The molecule has 0 bridgehead atoms. The van der Waals surface area contributed by atoms with Crippen molar-refractivity contribution in [3.63, 3.8) is 0 Å². The zero-order valence-corrected chi connectivity index (χ0v) is 10.2. The fraction of sp³-hybridized carbons (Fsp3) is 0.833. The van der Waals surface area contributed by atoms with Crippen LogP contribution < -0.4 is 5.32 Å². The number of hydrogen-bond acceptors (Lipinski definition) is 5. The first-order chi connectivity index (χ1) is 8.25. The molecular weight excluding hydrogens is 218 g/mol. The van der Waals surface area contributed by atoms with Gasteiger partial charge in [-0.1, -0.05) is 18.0 Å². The van der Waals surface area contributed by atoms with E-state index in [0.29, 0.717) is 18.4 Å². The standard InChI is InChI=1S/C12H19N3O2/c1-12(7-13-8-12)16-6-10-14-11(15-17-10)9-4-2-3-5-9/h9,13H,2-8H2,1H3. The molecule has 94 valence electrons. The third kappa shape index (κ3) is 2.35. The summed E-state index contributed by atoms with van der Waals surface area (Å²) in [5, 5.41) is 7.26. The quantitative estimate of drug-likeness (QED) is 0.862. The number of aromatic nitrogens is 2. The summed E-state index contributed by atoms with van der Waals surface area (Å²) >= 11 is 0. The lowest BCUT2D eigenvalue weighted by Gasteiger charge is -2.38. The molecule has 2 heterocycles. The molecule has 1 aliphatic heterocycles.